The number of nitrogens with zero attached hydrogens (tertiary/aromatic N) is 1. The van der Waals surface area contributed by atoms with Gasteiger partial charge in [0.15, 0.2) is 0 Å². The first-order valence-electron chi connectivity index (χ1n) is 10.6. The van der Waals surface area contributed by atoms with Crippen LogP contribution in [0.15, 0.2) is 70.9 Å². The van der Waals surface area contributed by atoms with Crippen molar-refractivity contribution in [2.45, 2.75) is 51.1 Å². The molecule has 2 heteroatoms. The fourth-order valence-corrected chi connectivity index (χ4v) is 5.39. The molecule has 0 saturated heterocycles. The van der Waals surface area contributed by atoms with Crippen molar-refractivity contribution in [1.29, 1.82) is 0 Å². The topological polar surface area (TPSA) is 15.3 Å². The van der Waals surface area contributed by atoms with E-state index in [-0.39, 0.29) is 0 Å². The monoisotopic (exact) mass is 358 g/mol. The molecule has 1 aromatic rings. The fourth-order valence-electron chi connectivity index (χ4n) is 5.39. The smallest absolute Gasteiger partial charge is 0.0391 e. The van der Waals surface area contributed by atoms with E-state index in [0.29, 0.717) is 12.1 Å². The molecule has 0 fully saturated rings. The zero-order chi connectivity index (χ0) is 18.2. The lowest BCUT2D eigenvalue weighted by molar-refractivity contribution is 0.212. The van der Waals surface area contributed by atoms with Crippen molar-refractivity contribution in [3.63, 3.8) is 0 Å². The van der Waals surface area contributed by atoms with Crippen molar-refractivity contribution >= 4 is 0 Å². The van der Waals surface area contributed by atoms with Gasteiger partial charge in [0.1, 0.15) is 0 Å². The lowest BCUT2D eigenvalue weighted by Crippen LogP contribution is -2.45. The summed E-state index contributed by atoms with van der Waals surface area (Å²) in [7, 11) is 0. The van der Waals surface area contributed by atoms with Gasteiger partial charge in [0.25, 0.3) is 0 Å². The summed E-state index contributed by atoms with van der Waals surface area (Å²) in [6.07, 6.45) is 15.3. The normalized spacial score (nSPS) is 27.9. The van der Waals surface area contributed by atoms with E-state index in [1.54, 1.807) is 22.3 Å². The molecule has 0 saturated carbocycles. The highest BCUT2D eigenvalue weighted by molar-refractivity contribution is 5.44. The Balaban J connectivity index is 1.42. The maximum atomic E-state index is 3.80. The van der Waals surface area contributed by atoms with Crippen molar-refractivity contribution in [3.05, 3.63) is 82.0 Å². The predicted molar refractivity (Wildman–Crippen MR) is 113 cm³/mol. The minimum absolute atomic E-state index is 0.480. The predicted octanol–water partition coefficient (Wildman–Crippen LogP) is 4.87. The van der Waals surface area contributed by atoms with Gasteiger partial charge in [-0.25, -0.2) is 0 Å². The summed E-state index contributed by atoms with van der Waals surface area (Å²) in [6, 6.07) is 10.1. The Labute approximate surface area is 163 Å². The van der Waals surface area contributed by atoms with E-state index in [0.717, 1.165) is 32.4 Å². The number of allylic oxidation sites excluding steroid dienone is 3. The van der Waals surface area contributed by atoms with Gasteiger partial charge in [0.05, 0.1) is 0 Å². The van der Waals surface area contributed by atoms with Crippen LogP contribution < -0.4 is 5.32 Å². The molecular formula is C25H30N2. The maximum Gasteiger partial charge on any atom is 0.0391 e. The van der Waals surface area contributed by atoms with Gasteiger partial charge in [0, 0.05) is 25.2 Å². The summed E-state index contributed by atoms with van der Waals surface area (Å²) >= 11 is 0. The zero-order valence-electron chi connectivity index (χ0n) is 16.4. The van der Waals surface area contributed by atoms with Crippen molar-refractivity contribution < 1.29 is 0 Å². The molecule has 0 aromatic heterocycles. The molecule has 27 heavy (non-hydrogen) atoms. The standard InChI is InChI=1S/C25H30N2/c1-18-17-27-14-12-20-7-3-2-4-10-23(20)25(27)16-21(18)15-24-22-9-6-5-8-19(22)11-13-26-24/h3-10,24-26H,2,11-17H2,1H3. The Kier molecular flexibility index (Phi) is 4.63. The van der Waals surface area contributed by atoms with Gasteiger partial charge in [-0.2, -0.15) is 0 Å². The molecule has 2 atom stereocenters. The van der Waals surface area contributed by atoms with E-state index in [1.165, 1.54) is 30.5 Å². The Hall–Kier alpha value is -1.90. The van der Waals surface area contributed by atoms with Crippen LogP contribution >= 0.6 is 0 Å². The van der Waals surface area contributed by atoms with E-state index < -0.39 is 0 Å². The average molecular weight is 359 g/mol. The molecule has 2 nitrogen and oxygen atoms in total. The van der Waals surface area contributed by atoms with Gasteiger partial charge < -0.3 is 5.32 Å². The van der Waals surface area contributed by atoms with Crippen LogP contribution in [0.1, 0.15) is 49.8 Å². The van der Waals surface area contributed by atoms with Gasteiger partial charge in [0.2, 0.25) is 0 Å². The molecule has 4 aliphatic rings. The number of fused-ring (bicyclic) bond motifs is 3. The molecule has 3 aliphatic heterocycles. The van der Waals surface area contributed by atoms with Gasteiger partial charge in [-0.05, 0) is 67.8 Å². The second-order valence-electron chi connectivity index (χ2n) is 8.50. The fraction of sp³-hybridized carbons (Fsp3) is 0.440. The molecule has 0 bridgehead atoms. The van der Waals surface area contributed by atoms with Crippen LogP contribution in [0.25, 0.3) is 0 Å². The summed E-state index contributed by atoms with van der Waals surface area (Å²) in [5, 5.41) is 3.80. The first-order valence-corrected chi connectivity index (χ1v) is 10.6. The number of rotatable bonds is 2. The first kappa shape index (κ1) is 17.2. The Morgan fingerprint density at radius 3 is 2.96 bits per heavy atom. The van der Waals surface area contributed by atoms with E-state index >= 15 is 0 Å². The molecule has 5 rings (SSSR count). The minimum Gasteiger partial charge on any atom is -0.309 e. The number of hydrogen-bond donors (Lipinski definition) is 1. The van der Waals surface area contributed by atoms with Crippen LogP contribution in [0.3, 0.4) is 0 Å². The summed E-state index contributed by atoms with van der Waals surface area (Å²) in [5.41, 5.74) is 9.50. The third-order valence-electron chi connectivity index (χ3n) is 6.88. The average Bonchev–Trinajstić information content (AvgIpc) is 2.95. The Morgan fingerprint density at radius 1 is 1.11 bits per heavy atom. The van der Waals surface area contributed by atoms with Crippen molar-refractivity contribution in [3.8, 4) is 0 Å². The number of hydrogen-bond acceptors (Lipinski definition) is 2. The number of nitrogens with one attached hydrogen (secondary N) is 1. The second kappa shape index (κ2) is 7.26. The molecule has 0 radical (unpaired) electrons. The largest absolute Gasteiger partial charge is 0.309 e. The van der Waals surface area contributed by atoms with Crippen LogP contribution in [-0.4, -0.2) is 30.6 Å². The lowest BCUT2D eigenvalue weighted by Gasteiger charge is -2.43. The second-order valence-corrected chi connectivity index (χ2v) is 8.50. The highest BCUT2D eigenvalue weighted by Gasteiger charge is 2.33. The molecule has 1 aliphatic carbocycles. The quantitative estimate of drug-likeness (QED) is 0.759. The van der Waals surface area contributed by atoms with Gasteiger partial charge >= 0.3 is 0 Å². The van der Waals surface area contributed by atoms with Gasteiger partial charge in [-0.3, -0.25) is 4.90 Å². The molecule has 0 amide bonds. The third-order valence-corrected chi connectivity index (χ3v) is 6.88. The van der Waals surface area contributed by atoms with Crippen molar-refractivity contribution in [2.24, 2.45) is 0 Å². The van der Waals surface area contributed by atoms with Crippen LogP contribution in [0.2, 0.25) is 0 Å². The lowest BCUT2D eigenvalue weighted by atomic mass is 9.80. The molecule has 0 spiro atoms. The molecule has 140 valence electrons. The molecule has 1 aromatic carbocycles. The van der Waals surface area contributed by atoms with E-state index in [1.807, 2.05) is 0 Å². The molecule has 1 N–H and O–H groups in total. The highest BCUT2D eigenvalue weighted by Crippen LogP contribution is 2.39. The van der Waals surface area contributed by atoms with Crippen LogP contribution in [0.4, 0.5) is 0 Å². The van der Waals surface area contributed by atoms with E-state index in [9.17, 15) is 0 Å². The number of benzene rings is 1. The van der Waals surface area contributed by atoms with Crippen LogP contribution in [-0.2, 0) is 6.42 Å². The maximum absolute atomic E-state index is 3.80. The van der Waals surface area contributed by atoms with Crippen molar-refractivity contribution in [1.82, 2.24) is 10.2 Å². The third kappa shape index (κ3) is 3.26. The summed E-state index contributed by atoms with van der Waals surface area (Å²) in [4.78, 5) is 2.71. The van der Waals surface area contributed by atoms with Gasteiger partial charge in [-0.15, -0.1) is 0 Å². The SMILES string of the molecule is CC1=C(CC2NCCc3ccccc32)CC2C3=C(C=CCC=C3)CCN2C1. The Bertz CT molecular complexity index is 855. The van der Waals surface area contributed by atoms with E-state index in [4.69, 9.17) is 0 Å². The minimum atomic E-state index is 0.480. The molecule has 2 unspecified atom stereocenters. The summed E-state index contributed by atoms with van der Waals surface area (Å²) in [5.74, 6) is 0. The summed E-state index contributed by atoms with van der Waals surface area (Å²) < 4.78 is 0. The van der Waals surface area contributed by atoms with Crippen LogP contribution in [0, 0.1) is 0 Å². The summed E-state index contributed by atoms with van der Waals surface area (Å²) in [6.45, 7) is 5.82. The Morgan fingerprint density at radius 2 is 2.00 bits per heavy atom. The molecule has 3 heterocycles. The molecular weight excluding hydrogens is 328 g/mol. The van der Waals surface area contributed by atoms with Crippen LogP contribution in [0.5, 0.6) is 0 Å². The van der Waals surface area contributed by atoms with E-state index in [2.05, 4.69) is 65.7 Å². The first-order chi connectivity index (χ1) is 13.3. The van der Waals surface area contributed by atoms with Crippen molar-refractivity contribution in [2.75, 3.05) is 19.6 Å². The zero-order valence-corrected chi connectivity index (χ0v) is 16.4. The van der Waals surface area contributed by atoms with Gasteiger partial charge in [-0.1, -0.05) is 59.7 Å². The highest BCUT2D eigenvalue weighted by atomic mass is 15.2.